The second kappa shape index (κ2) is 14.5. The monoisotopic (exact) mass is 606 g/mol. The van der Waals surface area contributed by atoms with Gasteiger partial charge in [-0.05, 0) is 131 Å². The summed E-state index contributed by atoms with van der Waals surface area (Å²) in [4.78, 5) is 23.0. The maximum Gasteiger partial charge on any atom is 0.357 e. The second-order valence-corrected chi connectivity index (χ2v) is 12.5. The summed E-state index contributed by atoms with van der Waals surface area (Å²) in [6, 6.07) is 17.0. The number of nitrogens with zero attached hydrogens (tertiary/aromatic N) is 4. The Kier molecular flexibility index (Phi) is 10.5. The maximum atomic E-state index is 14.6. The molecular weight excluding hydrogens is 566 g/mol. The SMILES string of the molecule is CCc1c(C2CCN(CCCSc3ccc(F)cc3)CC2)c2ccc(F)cc2n1-c1cccc(C(=O)OCCN(C)C)n1. The molecule has 43 heavy (non-hydrogen) atoms. The molecule has 3 heterocycles. The number of carbonyl (C=O) groups is 1. The highest BCUT2D eigenvalue weighted by Crippen LogP contribution is 2.39. The summed E-state index contributed by atoms with van der Waals surface area (Å²) in [6.07, 6.45) is 3.89. The molecule has 1 fully saturated rings. The molecule has 0 aliphatic carbocycles. The van der Waals surface area contributed by atoms with Crippen molar-refractivity contribution < 1.29 is 18.3 Å². The van der Waals surface area contributed by atoms with Gasteiger partial charge in [-0.15, -0.1) is 11.8 Å². The van der Waals surface area contributed by atoms with Gasteiger partial charge in [0.05, 0.1) is 5.52 Å². The minimum absolute atomic E-state index is 0.202. The van der Waals surface area contributed by atoms with Crippen molar-refractivity contribution in [1.29, 1.82) is 0 Å². The van der Waals surface area contributed by atoms with Crippen molar-refractivity contribution in [3.05, 3.63) is 89.2 Å². The number of esters is 1. The molecule has 0 saturated carbocycles. The summed E-state index contributed by atoms with van der Waals surface area (Å²) in [7, 11) is 3.85. The fourth-order valence-corrected chi connectivity index (χ4v) is 6.75. The number of likely N-dealkylation sites (N-methyl/N-ethyl adjacent to an activating group) is 1. The Morgan fingerprint density at radius 2 is 1.79 bits per heavy atom. The molecule has 6 nitrogen and oxygen atoms in total. The first-order valence-corrected chi connectivity index (χ1v) is 16.0. The van der Waals surface area contributed by atoms with E-state index in [1.54, 1.807) is 23.9 Å². The molecule has 9 heteroatoms. The summed E-state index contributed by atoms with van der Waals surface area (Å²) >= 11 is 1.77. The molecule has 0 radical (unpaired) electrons. The Hall–Kier alpha value is -3.27. The van der Waals surface area contributed by atoms with Crippen molar-refractivity contribution in [2.75, 3.05) is 52.6 Å². The summed E-state index contributed by atoms with van der Waals surface area (Å²) in [6.45, 7) is 6.09. The lowest BCUT2D eigenvalue weighted by atomic mass is 9.87. The molecular formula is C34H40F2N4O2S. The first-order chi connectivity index (χ1) is 20.8. The Balaban J connectivity index is 1.31. The quantitative estimate of drug-likeness (QED) is 0.0989. The summed E-state index contributed by atoms with van der Waals surface area (Å²) in [5, 5.41) is 1.05. The molecule has 0 spiro atoms. The minimum Gasteiger partial charge on any atom is -0.460 e. The Labute approximate surface area is 257 Å². The van der Waals surface area contributed by atoms with Crippen LogP contribution in [0.1, 0.15) is 53.8 Å². The molecule has 1 saturated heterocycles. The van der Waals surface area contributed by atoms with E-state index >= 15 is 0 Å². The lowest BCUT2D eigenvalue weighted by Crippen LogP contribution is -2.34. The van der Waals surface area contributed by atoms with E-state index in [0.717, 1.165) is 72.6 Å². The van der Waals surface area contributed by atoms with E-state index in [9.17, 15) is 13.6 Å². The average molecular weight is 607 g/mol. The zero-order valence-corrected chi connectivity index (χ0v) is 26.0. The van der Waals surface area contributed by atoms with E-state index in [1.165, 1.54) is 23.8 Å². The van der Waals surface area contributed by atoms with Gasteiger partial charge in [0.25, 0.3) is 0 Å². The predicted octanol–water partition coefficient (Wildman–Crippen LogP) is 6.95. The number of halogens is 2. The number of rotatable bonds is 12. The van der Waals surface area contributed by atoms with Crippen LogP contribution in [-0.4, -0.2) is 78.0 Å². The molecule has 228 valence electrons. The number of pyridine rings is 1. The van der Waals surface area contributed by atoms with Gasteiger partial charge in [0.1, 0.15) is 24.1 Å². The number of aromatic nitrogens is 2. The normalized spacial score (nSPS) is 14.6. The predicted molar refractivity (Wildman–Crippen MR) is 169 cm³/mol. The molecule has 0 unspecified atom stereocenters. The fourth-order valence-electron chi connectivity index (χ4n) is 5.92. The lowest BCUT2D eigenvalue weighted by Gasteiger charge is -2.32. The van der Waals surface area contributed by atoms with Crippen molar-refractivity contribution in [2.24, 2.45) is 0 Å². The third kappa shape index (κ3) is 7.63. The van der Waals surface area contributed by atoms with Crippen LogP contribution in [0, 0.1) is 11.6 Å². The maximum absolute atomic E-state index is 14.6. The van der Waals surface area contributed by atoms with Crippen molar-refractivity contribution >= 4 is 28.6 Å². The number of fused-ring (bicyclic) bond motifs is 1. The van der Waals surface area contributed by atoms with E-state index < -0.39 is 5.97 Å². The van der Waals surface area contributed by atoms with E-state index in [4.69, 9.17) is 9.72 Å². The van der Waals surface area contributed by atoms with Gasteiger partial charge < -0.3 is 14.5 Å². The number of likely N-dealkylation sites (tertiary alicyclic amines) is 1. The highest BCUT2D eigenvalue weighted by Gasteiger charge is 2.28. The van der Waals surface area contributed by atoms with Gasteiger partial charge in [0, 0.05) is 22.5 Å². The number of hydrogen-bond donors (Lipinski definition) is 0. The number of ether oxygens (including phenoxy) is 1. The molecule has 1 aliphatic rings. The number of piperidine rings is 1. The van der Waals surface area contributed by atoms with Gasteiger partial charge in [0.2, 0.25) is 0 Å². The van der Waals surface area contributed by atoms with Gasteiger partial charge in [-0.2, -0.15) is 0 Å². The van der Waals surface area contributed by atoms with Crippen LogP contribution in [0.25, 0.3) is 16.7 Å². The number of hydrogen-bond acceptors (Lipinski definition) is 6. The topological polar surface area (TPSA) is 50.6 Å². The third-order valence-electron chi connectivity index (χ3n) is 8.05. The van der Waals surface area contributed by atoms with Gasteiger partial charge >= 0.3 is 5.97 Å². The minimum atomic E-state index is -0.465. The Bertz CT molecular complexity index is 1530. The third-order valence-corrected chi connectivity index (χ3v) is 9.15. The van der Waals surface area contributed by atoms with Gasteiger partial charge in [0.15, 0.2) is 5.69 Å². The molecule has 2 aromatic carbocycles. The molecule has 5 rings (SSSR count). The van der Waals surface area contributed by atoms with Gasteiger partial charge in [-0.3, -0.25) is 4.57 Å². The van der Waals surface area contributed by atoms with Crippen LogP contribution in [0.5, 0.6) is 0 Å². The fraction of sp³-hybridized carbons (Fsp3) is 0.412. The number of benzene rings is 2. The first-order valence-electron chi connectivity index (χ1n) is 15.1. The largest absolute Gasteiger partial charge is 0.460 e. The highest BCUT2D eigenvalue weighted by atomic mass is 32.2. The molecule has 0 bridgehead atoms. The van der Waals surface area contributed by atoms with Crippen LogP contribution in [-0.2, 0) is 11.2 Å². The summed E-state index contributed by atoms with van der Waals surface area (Å²) in [5.74, 6) is 0.985. The Morgan fingerprint density at radius 3 is 2.51 bits per heavy atom. The van der Waals surface area contributed by atoms with Crippen molar-refractivity contribution in [2.45, 2.75) is 43.4 Å². The molecule has 0 N–H and O–H groups in total. The first kappa shape index (κ1) is 31.2. The molecule has 4 aromatic rings. The highest BCUT2D eigenvalue weighted by molar-refractivity contribution is 7.99. The van der Waals surface area contributed by atoms with Crippen molar-refractivity contribution in [3.8, 4) is 5.82 Å². The number of thioether (sulfide) groups is 1. The van der Waals surface area contributed by atoms with Crippen LogP contribution in [0.2, 0.25) is 0 Å². The van der Waals surface area contributed by atoms with Gasteiger partial charge in [-0.25, -0.2) is 18.6 Å². The standard InChI is InChI=1S/C34H40F2N4O2S/c1-4-30-33(24-15-18-39(19-16-24)17-6-22-43-27-12-9-25(35)10-13-27)28-14-11-26(36)23-31(28)40(30)32-8-5-7-29(37-32)34(41)42-21-20-38(2)3/h5,7-14,23-24H,4,6,15-22H2,1-3H3. The van der Waals surface area contributed by atoms with Crippen molar-refractivity contribution in [3.63, 3.8) is 0 Å². The summed E-state index contributed by atoms with van der Waals surface area (Å²) in [5.41, 5.74) is 3.40. The van der Waals surface area contributed by atoms with E-state index in [1.807, 2.05) is 53.9 Å². The number of carbonyl (C=O) groups excluding carboxylic acids is 1. The van der Waals surface area contributed by atoms with Gasteiger partial charge in [-0.1, -0.05) is 13.0 Å². The zero-order chi connectivity index (χ0) is 30.3. The van der Waals surface area contributed by atoms with Crippen LogP contribution in [0.4, 0.5) is 8.78 Å². The molecule has 0 atom stereocenters. The Morgan fingerprint density at radius 1 is 1.05 bits per heavy atom. The lowest BCUT2D eigenvalue weighted by molar-refractivity contribution is 0.0475. The van der Waals surface area contributed by atoms with Crippen LogP contribution >= 0.6 is 11.8 Å². The van der Waals surface area contributed by atoms with Crippen LogP contribution in [0.3, 0.4) is 0 Å². The molecule has 1 aliphatic heterocycles. The smallest absolute Gasteiger partial charge is 0.357 e. The summed E-state index contributed by atoms with van der Waals surface area (Å²) < 4.78 is 35.2. The van der Waals surface area contributed by atoms with E-state index in [-0.39, 0.29) is 23.9 Å². The zero-order valence-electron chi connectivity index (χ0n) is 25.2. The van der Waals surface area contributed by atoms with Crippen molar-refractivity contribution in [1.82, 2.24) is 19.4 Å². The van der Waals surface area contributed by atoms with E-state index in [0.29, 0.717) is 18.3 Å². The second-order valence-electron chi connectivity index (χ2n) is 11.3. The average Bonchev–Trinajstić information content (AvgIpc) is 3.33. The van der Waals surface area contributed by atoms with E-state index in [2.05, 4.69) is 11.8 Å². The van der Waals surface area contributed by atoms with Crippen LogP contribution < -0.4 is 0 Å². The molecule has 2 aromatic heterocycles. The van der Waals surface area contributed by atoms with Crippen LogP contribution in [0.15, 0.2) is 65.6 Å². The molecule has 0 amide bonds.